The summed E-state index contributed by atoms with van der Waals surface area (Å²) >= 11 is 1.33. The fourth-order valence-corrected chi connectivity index (χ4v) is 3.95. The monoisotopic (exact) mass is 445 g/mol. The first-order valence-corrected chi connectivity index (χ1v) is 10.8. The van der Waals surface area contributed by atoms with Gasteiger partial charge in [0.15, 0.2) is 5.16 Å². The first-order chi connectivity index (χ1) is 15.6. The van der Waals surface area contributed by atoms with Crippen LogP contribution in [0.15, 0.2) is 89.1 Å². The molecule has 4 rings (SSSR count). The number of rotatable bonds is 8. The molecule has 0 unspecified atom stereocenters. The number of hydrogen-bond acceptors (Lipinski definition) is 6. The topological polar surface area (TPSA) is 102 Å². The van der Waals surface area contributed by atoms with E-state index in [0.29, 0.717) is 12.1 Å². The van der Waals surface area contributed by atoms with Gasteiger partial charge >= 0.3 is 0 Å². The second kappa shape index (κ2) is 9.88. The van der Waals surface area contributed by atoms with Crippen molar-refractivity contribution in [2.24, 2.45) is 5.10 Å². The number of carbonyl (C=O) groups is 1. The van der Waals surface area contributed by atoms with Crippen molar-refractivity contribution in [3.8, 4) is 0 Å². The maximum atomic E-state index is 12.3. The number of imidazole rings is 1. The Labute approximate surface area is 188 Å². The number of aromatic nitrogens is 2. The highest BCUT2D eigenvalue weighted by molar-refractivity contribution is 7.99. The molecule has 0 aliphatic heterocycles. The minimum atomic E-state index is -0.478. The second-order valence-electron chi connectivity index (χ2n) is 6.89. The van der Waals surface area contributed by atoms with Crippen LogP contribution in [0.4, 0.5) is 5.69 Å². The van der Waals surface area contributed by atoms with Crippen LogP contribution in [0.25, 0.3) is 11.0 Å². The van der Waals surface area contributed by atoms with E-state index in [1.54, 1.807) is 12.1 Å². The normalized spacial score (nSPS) is 11.1. The molecule has 0 aliphatic rings. The molecule has 1 heterocycles. The highest BCUT2D eigenvalue weighted by atomic mass is 32.2. The summed E-state index contributed by atoms with van der Waals surface area (Å²) in [5, 5.41) is 15.5. The van der Waals surface area contributed by atoms with Crippen molar-refractivity contribution in [2.45, 2.75) is 11.7 Å². The molecule has 1 aromatic heterocycles. The Morgan fingerprint density at radius 3 is 2.69 bits per heavy atom. The van der Waals surface area contributed by atoms with E-state index in [9.17, 15) is 14.9 Å². The molecule has 0 fully saturated rings. The van der Waals surface area contributed by atoms with Gasteiger partial charge in [0.25, 0.3) is 11.6 Å². The summed E-state index contributed by atoms with van der Waals surface area (Å²) in [6, 6.07) is 24.0. The second-order valence-corrected chi connectivity index (χ2v) is 7.83. The quantitative estimate of drug-likeness (QED) is 0.189. The lowest BCUT2D eigenvalue weighted by Crippen LogP contribution is -2.20. The van der Waals surface area contributed by atoms with Gasteiger partial charge in [0, 0.05) is 17.7 Å². The van der Waals surface area contributed by atoms with E-state index in [0.717, 1.165) is 21.8 Å². The van der Waals surface area contributed by atoms with Crippen LogP contribution in [0.2, 0.25) is 0 Å². The van der Waals surface area contributed by atoms with E-state index in [-0.39, 0.29) is 17.3 Å². The SMILES string of the molecule is O=C(CSc1nc2ccccc2n1Cc1ccccc1)NN=Cc1cccc([N+](=O)[O-])c1. The van der Waals surface area contributed by atoms with Gasteiger partial charge in [0.2, 0.25) is 0 Å². The molecule has 0 saturated heterocycles. The average Bonchev–Trinajstić information content (AvgIpc) is 3.16. The molecule has 160 valence electrons. The third-order valence-electron chi connectivity index (χ3n) is 4.62. The minimum absolute atomic E-state index is 0.0341. The van der Waals surface area contributed by atoms with Gasteiger partial charge in [0.1, 0.15) is 0 Å². The molecule has 1 N–H and O–H groups in total. The van der Waals surface area contributed by atoms with Crippen LogP contribution < -0.4 is 5.43 Å². The van der Waals surface area contributed by atoms with E-state index < -0.39 is 4.92 Å². The zero-order chi connectivity index (χ0) is 22.3. The highest BCUT2D eigenvalue weighted by Crippen LogP contribution is 2.25. The molecule has 0 saturated carbocycles. The summed E-state index contributed by atoms with van der Waals surface area (Å²) in [5.74, 6) is -0.167. The number of non-ortho nitro benzene ring substituents is 1. The lowest BCUT2D eigenvalue weighted by atomic mass is 10.2. The highest BCUT2D eigenvalue weighted by Gasteiger charge is 2.13. The van der Waals surface area contributed by atoms with Crippen molar-refractivity contribution in [3.05, 3.63) is 100 Å². The Morgan fingerprint density at radius 2 is 1.88 bits per heavy atom. The van der Waals surface area contributed by atoms with Gasteiger partial charge in [0.05, 0.1) is 34.5 Å². The number of nitro benzene ring substituents is 1. The van der Waals surface area contributed by atoms with Gasteiger partial charge in [-0.05, 0) is 17.7 Å². The summed E-state index contributed by atoms with van der Waals surface area (Å²) in [7, 11) is 0. The zero-order valence-corrected chi connectivity index (χ0v) is 17.7. The van der Waals surface area contributed by atoms with Gasteiger partial charge in [-0.1, -0.05) is 66.4 Å². The zero-order valence-electron chi connectivity index (χ0n) is 16.9. The Balaban J connectivity index is 1.42. The Morgan fingerprint density at radius 1 is 1.09 bits per heavy atom. The molecular weight excluding hydrogens is 426 g/mol. The molecule has 8 nitrogen and oxygen atoms in total. The van der Waals surface area contributed by atoms with Gasteiger partial charge in [-0.2, -0.15) is 5.10 Å². The Hall–Kier alpha value is -3.98. The molecule has 32 heavy (non-hydrogen) atoms. The number of nitrogens with one attached hydrogen (secondary N) is 1. The predicted molar refractivity (Wildman–Crippen MR) is 125 cm³/mol. The molecule has 9 heteroatoms. The van der Waals surface area contributed by atoms with Crippen LogP contribution in [0, 0.1) is 10.1 Å². The van der Waals surface area contributed by atoms with Crippen molar-refractivity contribution in [1.29, 1.82) is 0 Å². The van der Waals surface area contributed by atoms with Crippen molar-refractivity contribution in [2.75, 3.05) is 5.75 Å². The Kier molecular flexibility index (Phi) is 6.57. The molecule has 0 bridgehead atoms. The number of carbonyl (C=O) groups excluding carboxylic acids is 1. The maximum Gasteiger partial charge on any atom is 0.270 e. The minimum Gasteiger partial charge on any atom is -0.314 e. The van der Waals surface area contributed by atoms with Crippen LogP contribution in [0.3, 0.4) is 0 Å². The summed E-state index contributed by atoms with van der Waals surface area (Å²) in [5.41, 5.74) is 5.96. The summed E-state index contributed by atoms with van der Waals surface area (Å²) in [4.78, 5) is 27.3. The number of amides is 1. The maximum absolute atomic E-state index is 12.3. The van der Waals surface area contributed by atoms with E-state index in [4.69, 9.17) is 0 Å². The smallest absolute Gasteiger partial charge is 0.270 e. The van der Waals surface area contributed by atoms with Crippen molar-refractivity contribution < 1.29 is 9.72 Å². The van der Waals surface area contributed by atoms with Crippen molar-refractivity contribution >= 4 is 40.6 Å². The first kappa shape index (κ1) is 21.3. The Bertz CT molecular complexity index is 1290. The van der Waals surface area contributed by atoms with Gasteiger partial charge in [-0.25, -0.2) is 10.4 Å². The van der Waals surface area contributed by atoms with Crippen LogP contribution in [-0.2, 0) is 11.3 Å². The summed E-state index contributed by atoms with van der Waals surface area (Å²) in [6.07, 6.45) is 1.38. The molecule has 0 spiro atoms. The fraction of sp³-hybridized carbons (Fsp3) is 0.0870. The van der Waals surface area contributed by atoms with Crippen LogP contribution in [0.5, 0.6) is 0 Å². The first-order valence-electron chi connectivity index (χ1n) is 9.78. The fourth-order valence-electron chi connectivity index (χ4n) is 3.14. The molecule has 0 atom stereocenters. The van der Waals surface area contributed by atoms with Crippen molar-refractivity contribution in [3.63, 3.8) is 0 Å². The summed E-state index contributed by atoms with van der Waals surface area (Å²) < 4.78 is 2.09. The summed E-state index contributed by atoms with van der Waals surface area (Å²) in [6.45, 7) is 0.649. The molecule has 0 radical (unpaired) electrons. The number of nitro groups is 1. The van der Waals surface area contributed by atoms with Gasteiger partial charge in [-0.15, -0.1) is 0 Å². The van der Waals surface area contributed by atoms with Gasteiger partial charge < -0.3 is 4.57 Å². The van der Waals surface area contributed by atoms with E-state index in [1.165, 1.54) is 30.1 Å². The van der Waals surface area contributed by atoms with E-state index >= 15 is 0 Å². The number of hydrogen-bond donors (Lipinski definition) is 1. The third kappa shape index (κ3) is 5.19. The van der Waals surface area contributed by atoms with E-state index in [1.807, 2.05) is 42.5 Å². The number of nitrogens with zero attached hydrogens (tertiary/aromatic N) is 4. The lowest BCUT2D eigenvalue weighted by molar-refractivity contribution is -0.384. The number of hydrazone groups is 1. The number of para-hydroxylation sites is 2. The largest absolute Gasteiger partial charge is 0.314 e. The standard InChI is InChI=1S/C23H19N5O3S/c29-22(26-24-14-18-9-6-10-19(13-18)28(30)31)16-32-23-25-20-11-4-5-12-21(20)27(23)15-17-7-2-1-3-8-17/h1-14H,15-16H2,(H,26,29). The molecular formula is C23H19N5O3S. The number of benzene rings is 3. The van der Waals surface area contributed by atoms with Gasteiger partial charge in [-0.3, -0.25) is 14.9 Å². The van der Waals surface area contributed by atoms with E-state index in [2.05, 4.69) is 32.2 Å². The number of fused-ring (bicyclic) bond motifs is 1. The molecule has 4 aromatic rings. The average molecular weight is 446 g/mol. The van der Waals surface area contributed by atoms with Crippen LogP contribution >= 0.6 is 11.8 Å². The lowest BCUT2D eigenvalue weighted by Gasteiger charge is -2.09. The van der Waals surface area contributed by atoms with Crippen LogP contribution in [0.1, 0.15) is 11.1 Å². The van der Waals surface area contributed by atoms with Crippen LogP contribution in [-0.4, -0.2) is 32.3 Å². The predicted octanol–water partition coefficient (Wildman–Crippen LogP) is 4.24. The molecule has 1 amide bonds. The molecule has 3 aromatic carbocycles. The number of thioether (sulfide) groups is 1. The van der Waals surface area contributed by atoms with Crippen molar-refractivity contribution in [1.82, 2.24) is 15.0 Å². The third-order valence-corrected chi connectivity index (χ3v) is 5.60. The molecule has 0 aliphatic carbocycles.